The lowest BCUT2D eigenvalue weighted by atomic mass is 10.0. The summed E-state index contributed by atoms with van der Waals surface area (Å²) in [7, 11) is -3.20. The predicted octanol–water partition coefficient (Wildman–Crippen LogP) is 3.55. The zero-order valence-electron chi connectivity index (χ0n) is 15.2. The quantitative estimate of drug-likeness (QED) is 0.694. The second-order valence-corrected chi connectivity index (χ2v) is 9.71. The molecule has 7 heteroatoms. The zero-order valence-corrected chi connectivity index (χ0v) is 16.8. The van der Waals surface area contributed by atoms with Crippen LogP contribution in [-0.2, 0) is 16.3 Å². The topological polar surface area (TPSA) is 72.5 Å². The molecule has 144 valence electrons. The summed E-state index contributed by atoms with van der Waals surface area (Å²) >= 11 is 1.41. The minimum absolute atomic E-state index is 0.0822. The summed E-state index contributed by atoms with van der Waals surface area (Å²) in [5.74, 6) is 0.744. The molecular formula is C21H19NO4S2. The molecular weight excluding hydrogens is 394 g/mol. The molecule has 0 radical (unpaired) electrons. The average molecular weight is 414 g/mol. The van der Waals surface area contributed by atoms with Crippen molar-refractivity contribution in [1.82, 2.24) is 5.32 Å². The van der Waals surface area contributed by atoms with Crippen molar-refractivity contribution in [2.75, 3.05) is 12.8 Å². The summed E-state index contributed by atoms with van der Waals surface area (Å²) in [6.45, 7) is 0.448. The molecule has 1 aliphatic rings. The fraction of sp³-hybridized carbons (Fsp3) is 0.190. The van der Waals surface area contributed by atoms with Gasteiger partial charge in [0.15, 0.2) is 9.84 Å². The summed E-state index contributed by atoms with van der Waals surface area (Å²) in [6, 6.07) is 16.5. The first kappa shape index (κ1) is 18.7. The molecule has 1 atom stereocenters. The first-order valence-electron chi connectivity index (χ1n) is 8.82. The zero-order chi connectivity index (χ0) is 19.7. The molecule has 0 fully saturated rings. The summed E-state index contributed by atoms with van der Waals surface area (Å²) in [5.41, 5.74) is 3.04. The molecule has 28 heavy (non-hydrogen) atoms. The van der Waals surface area contributed by atoms with Crippen LogP contribution in [0, 0.1) is 0 Å². The molecule has 2 heterocycles. The molecule has 0 saturated heterocycles. The van der Waals surface area contributed by atoms with E-state index in [-0.39, 0.29) is 12.0 Å². The van der Waals surface area contributed by atoms with E-state index in [0.717, 1.165) is 28.9 Å². The number of rotatable bonds is 5. The summed E-state index contributed by atoms with van der Waals surface area (Å²) in [5, 5.41) is 4.79. The van der Waals surface area contributed by atoms with Crippen LogP contribution in [0.15, 0.2) is 64.9 Å². The second kappa shape index (κ2) is 7.41. The Kier molecular flexibility index (Phi) is 4.95. The fourth-order valence-corrected chi connectivity index (χ4v) is 4.48. The van der Waals surface area contributed by atoms with Crippen molar-refractivity contribution in [3.8, 4) is 16.9 Å². The van der Waals surface area contributed by atoms with Gasteiger partial charge in [0.25, 0.3) is 5.91 Å². The van der Waals surface area contributed by atoms with Gasteiger partial charge in [-0.05, 0) is 52.4 Å². The van der Waals surface area contributed by atoms with Gasteiger partial charge < -0.3 is 10.1 Å². The maximum atomic E-state index is 12.1. The third kappa shape index (κ3) is 3.95. The van der Waals surface area contributed by atoms with Gasteiger partial charge in [0.2, 0.25) is 0 Å². The van der Waals surface area contributed by atoms with Gasteiger partial charge in [-0.25, -0.2) is 8.42 Å². The standard InChI is InChI=1S/C21H19NO4S2/c1-28(24,25)18-7-4-14(5-8-18)15-6-9-19-16(11-15)12-17(26-19)13-22-21(23)20-3-2-10-27-20/h2-11,17H,12-13H2,1H3,(H,22,23)/t17-/m0/s1. The molecule has 1 N–H and O–H groups in total. The van der Waals surface area contributed by atoms with Crippen LogP contribution < -0.4 is 10.1 Å². The largest absolute Gasteiger partial charge is 0.488 e. The van der Waals surface area contributed by atoms with Crippen molar-refractivity contribution in [3.05, 3.63) is 70.4 Å². The third-order valence-corrected chi connectivity index (χ3v) is 6.65. The molecule has 1 aliphatic heterocycles. The highest BCUT2D eigenvalue weighted by molar-refractivity contribution is 7.90. The summed E-state index contributed by atoms with van der Waals surface area (Å²) < 4.78 is 29.2. The van der Waals surface area contributed by atoms with Gasteiger partial charge in [0.05, 0.1) is 16.3 Å². The van der Waals surface area contributed by atoms with Crippen LogP contribution in [0.25, 0.3) is 11.1 Å². The third-order valence-electron chi connectivity index (χ3n) is 4.65. The predicted molar refractivity (Wildman–Crippen MR) is 110 cm³/mol. The van der Waals surface area contributed by atoms with E-state index in [1.807, 2.05) is 35.7 Å². The van der Waals surface area contributed by atoms with E-state index in [9.17, 15) is 13.2 Å². The van der Waals surface area contributed by atoms with Gasteiger partial charge in [0.1, 0.15) is 11.9 Å². The van der Waals surface area contributed by atoms with Crippen LogP contribution in [-0.4, -0.2) is 33.2 Å². The highest BCUT2D eigenvalue weighted by Crippen LogP contribution is 2.33. The maximum Gasteiger partial charge on any atom is 0.261 e. The highest BCUT2D eigenvalue weighted by Gasteiger charge is 2.24. The van der Waals surface area contributed by atoms with Crippen LogP contribution in [0.4, 0.5) is 0 Å². The highest BCUT2D eigenvalue weighted by atomic mass is 32.2. The van der Waals surface area contributed by atoms with E-state index < -0.39 is 9.84 Å². The lowest BCUT2D eigenvalue weighted by Gasteiger charge is -2.11. The van der Waals surface area contributed by atoms with E-state index in [1.54, 1.807) is 18.2 Å². The van der Waals surface area contributed by atoms with E-state index in [2.05, 4.69) is 11.4 Å². The molecule has 0 aliphatic carbocycles. The normalized spacial score (nSPS) is 15.7. The Labute approximate surface area is 167 Å². The Hall–Kier alpha value is -2.64. The number of nitrogens with one attached hydrogen (secondary N) is 1. The number of hydrogen-bond donors (Lipinski definition) is 1. The number of amides is 1. The molecule has 3 aromatic rings. The first-order valence-corrected chi connectivity index (χ1v) is 11.6. The number of sulfone groups is 1. The van der Waals surface area contributed by atoms with Crippen molar-refractivity contribution in [2.45, 2.75) is 17.4 Å². The van der Waals surface area contributed by atoms with Gasteiger partial charge in [-0.2, -0.15) is 0 Å². The van der Waals surface area contributed by atoms with Crippen molar-refractivity contribution in [3.63, 3.8) is 0 Å². The van der Waals surface area contributed by atoms with Gasteiger partial charge >= 0.3 is 0 Å². The van der Waals surface area contributed by atoms with E-state index in [0.29, 0.717) is 16.3 Å². The Balaban J connectivity index is 1.43. The number of carbonyl (C=O) groups is 1. The molecule has 2 aromatic carbocycles. The Morgan fingerprint density at radius 3 is 2.57 bits per heavy atom. The SMILES string of the molecule is CS(=O)(=O)c1ccc(-c2ccc3c(c2)C[C@@H](CNC(=O)c2cccs2)O3)cc1. The van der Waals surface area contributed by atoms with E-state index in [1.165, 1.54) is 17.6 Å². The van der Waals surface area contributed by atoms with Crippen LogP contribution in [0.1, 0.15) is 15.2 Å². The fourth-order valence-electron chi connectivity index (χ4n) is 3.21. The van der Waals surface area contributed by atoms with Crippen molar-refractivity contribution in [1.29, 1.82) is 0 Å². The first-order chi connectivity index (χ1) is 13.4. The van der Waals surface area contributed by atoms with Crippen molar-refractivity contribution in [2.24, 2.45) is 0 Å². The van der Waals surface area contributed by atoms with Crippen LogP contribution in [0.2, 0.25) is 0 Å². The molecule has 0 unspecified atom stereocenters. The number of fused-ring (bicyclic) bond motifs is 1. The summed E-state index contributed by atoms with van der Waals surface area (Å²) in [4.78, 5) is 13.1. The summed E-state index contributed by atoms with van der Waals surface area (Å²) in [6.07, 6.45) is 1.82. The number of thiophene rings is 1. The van der Waals surface area contributed by atoms with E-state index >= 15 is 0 Å². The van der Waals surface area contributed by atoms with Gasteiger partial charge in [-0.15, -0.1) is 11.3 Å². The molecule has 0 spiro atoms. The average Bonchev–Trinajstić information content (AvgIpc) is 3.34. The maximum absolute atomic E-state index is 12.1. The second-order valence-electron chi connectivity index (χ2n) is 6.75. The van der Waals surface area contributed by atoms with Crippen LogP contribution in [0.5, 0.6) is 5.75 Å². The van der Waals surface area contributed by atoms with E-state index in [4.69, 9.17) is 4.74 Å². The molecule has 0 bridgehead atoms. The monoisotopic (exact) mass is 413 g/mol. The van der Waals surface area contributed by atoms with Gasteiger partial charge in [-0.3, -0.25) is 4.79 Å². The van der Waals surface area contributed by atoms with Gasteiger partial charge in [-0.1, -0.05) is 24.3 Å². The van der Waals surface area contributed by atoms with Crippen molar-refractivity contribution < 1.29 is 17.9 Å². The van der Waals surface area contributed by atoms with Crippen molar-refractivity contribution >= 4 is 27.1 Å². The number of carbonyl (C=O) groups excluding carboxylic acids is 1. The number of benzene rings is 2. The lowest BCUT2D eigenvalue weighted by Crippen LogP contribution is -2.34. The molecule has 5 nitrogen and oxygen atoms in total. The minimum Gasteiger partial charge on any atom is -0.488 e. The smallest absolute Gasteiger partial charge is 0.261 e. The van der Waals surface area contributed by atoms with Crippen LogP contribution in [0.3, 0.4) is 0 Å². The molecule has 1 aromatic heterocycles. The molecule has 0 saturated carbocycles. The molecule has 1 amide bonds. The minimum atomic E-state index is -3.20. The lowest BCUT2D eigenvalue weighted by molar-refractivity contribution is 0.0937. The number of hydrogen-bond acceptors (Lipinski definition) is 5. The Morgan fingerprint density at radius 2 is 1.89 bits per heavy atom. The van der Waals surface area contributed by atoms with Crippen LogP contribution >= 0.6 is 11.3 Å². The Morgan fingerprint density at radius 1 is 1.14 bits per heavy atom. The number of ether oxygens (including phenoxy) is 1. The van der Waals surface area contributed by atoms with Gasteiger partial charge in [0, 0.05) is 12.7 Å². The Bertz CT molecular complexity index is 1100. The molecule has 4 rings (SSSR count).